The highest BCUT2D eigenvalue weighted by molar-refractivity contribution is 5.80. The van der Waals surface area contributed by atoms with Crippen LogP contribution in [-0.2, 0) is 9.53 Å². The van der Waals surface area contributed by atoms with Gasteiger partial charge < -0.3 is 19.5 Å². The van der Waals surface area contributed by atoms with Gasteiger partial charge in [0.15, 0.2) is 0 Å². The Morgan fingerprint density at radius 1 is 1.23 bits per heavy atom. The van der Waals surface area contributed by atoms with Crippen LogP contribution < -0.4 is 4.74 Å². The second-order valence-corrected chi connectivity index (χ2v) is 6.15. The molecule has 0 aromatic heterocycles. The van der Waals surface area contributed by atoms with Gasteiger partial charge in [0.2, 0.25) is 5.91 Å². The van der Waals surface area contributed by atoms with E-state index in [1.54, 1.807) is 7.11 Å². The van der Waals surface area contributed by atoms with Crippen LogP contribution in [0, 0.1) is 5.92 Å². The molecule has 0 spiro atoms. The second-order valence-electron chi connectivity index (χ2n) is 6.15. The van der Waals surface area contributed by atoms with Crippen molar-refractivity contribution in [2.24, 2.45) is 5.92 Å². The Morgan fingerprint density at radius 3 is 2.64 bits per heavy atom. The SMILES string of the molecule is CO[C@@H]1C[C@H](C(=O)N2CC(Oc3ccccc3)C2)CC[C@@H]1O. The molecule has 1 saturated carbocycles. The number of carbonyl (C=O) groups is 1. The summed E-state index contributed by atoms with van der Waals surface area (Å²) in [6.07, 6.45) is 1.39. The molecule has 120 valence electrons. The van der Waals surface area contributed by atoms with E-state index in [0.29, 0.717) is 25.9 Å². The highest BCUT2D eigenvalue weighted by Crippen LogP contribution is 2.30. The first-order valence-corrected chi connectivity index (χ1v) is 7.88. The first-order chi connectivity index (χ1) is 10.7. The fourth-order valence-corrected chi connectivity index (χ4v) is 3.23. The van der Waals surface area contributed by atoms with Crippen LogP contribution in [0.5, 0.6) is 5.75 Å². The van der Waals surface area contributed by atoms with Crippen LogP contribution >= 0.6 is 0 Å². The molecule has 3 atom stereocenters. The summed E-state index contributed by atoms with van der Waals surface area (Å²) in [6.45, 7) is 1.29. The average molecular weight is 305 g/mol. The Morgan fingerprint density at radius 2 is 1.95 bits per heavy atom. The molecule has 0 radical (unpaired) electrons. The number of rotatable bonds is 4. The van der Waals surface area contributed by atoms with E-state index in [1.807, 2.05) is 35.2 Å². The van der Waals surface area contributed by atoms with E-state index in [1.165, 1.54) is 0 Å². The largest absolute Gasteiger partial charge is 0.487 e. The maximum atomic E-state index is 12.5. The van der Waals surface area contributed by atoms with Crippen molar-refractivity contribution in [3.63, 3.8) is 0 Å². The molecule has 1 heterocycles. The molecule has 5 nitrogen and oxygen atoms in total. The van der Waals surface area contributed by atoms with Gasteiger partial charge in [-0.2, -0.15) is 0 Å². The summed E-state index contributed by atoms with van der Waals surface area (Å²) in [5, 5.41) is 9.81. The van der Waals surface area contributed by atoms with Gasteiger partial charge in [-0.05, 0) is 31.4 Å². The Kier molecular flexibility index (Phi) is 4.64. The lowest BCUT2D eigenvalue weighted by atomic mass is 9.84. The predicted octanol–water partition coefficient (Wildman–Crippen LogP) is 1.45. The molecule has 0 bridgehead atoms. The second kappa shape index (κ2) is 6.67. The van der Waals surface area contributed by atoms with Crippen LogP contribution in [0.2, 0.25) is 0 Å². The normalized spacial score (nSPS) is 29.0. The summed E-state index contributed by atoms with van der Waals surface area (Å²) < 4.78 is 11.1. The minimum absolute atomic E-state index is 0.0361. The number of likely N-dealkylation sites (tertiary alicyclic amines) is 1. The van der Waals surface area contributed by atoms with Crippen molar-refractivity contribution in [1.29, 1.82) is 0 Å². The highest BCUT2D eigenvalue weighted by atomic mass is 16.5. The zero-order valence-corrected chi connectivity index (χ0v) is 12.9. The molecule has 2 fully saturated rings. The Bertz CT molecular complexity index is 501. The van der Waals surface area contributed by atoms with E-state index in [9.17, 15) is 9.90 Å². The van der Waals surface area contributed by atoms with Gasteiger partial charge in [-0.1, -0.05) is 18.2 Å². The van der Waals surface area contributed by atoms with Crippen molar-refractivity contribution in [3.8, 4) is 5.75 Å². The lowest BCUT2D eigenvalue weighted by Crippen LogP contribution is -2.58. The van der Waals surface area contributed by atoms with Crippen LogP contribution in [0.15, 0.2) is 30.3 Å². The molecular weight excluding hydrogens is 282 g/mol. The fraction of sp³-hybridized carbons (Fsp3) is 0.588. The molecule has 1 aromatic carbocycles. The van der Waals surface area contributed by atoms with Crippen LogP contribution in [0.3, 0.4) is 0 Å². The third-order valence-electron chi connectivity index (χ3n) is 4.61. The first-order valence-electron chi connectivity index (χ1n) is 7.88. The molecule has 2 aliphatic rings. The third-order valence-corrected chi connectivity index (χ3v) is 4.61. The van der Waals surface area contributed by atoms with Gasteiger partial charge in [-0.3, -0.25) is 4.79 Å². The Labute approximate surface area is 130 Å². The number of aliphatic hydroxyl groups excluding tert-OH is 1. The molecule has 0 unspecified atom stereocenters. The van der Waals surface area contributed by atoms with Gasteiger partial charge in [0, 0.05) is 13.0 Å². The van der Waals surface area contributed by atoms with Crippen LogP contribution in [0.1, 0.15) is 19.3 Å². The molecule has 1 N–H and O–H groups in total. The quantitative estimate of drug-likeness (QED) is 0.915. The molecule has 22 heavy (non-hydrogen) atoms. The summed E-state index contributed by atoms with van der Waals surface area (Å²) in [7, 11) is 1.59. The van der Waals surface area contributed by atoms with Gasteiger partial charge in [0.1, 0.15) is 11.9 Å². The molecule has 1 aliphatic heterocycles. The van der Waals surface area contributed by atoms with Crippen molar-refractivity contribution >= 4 is 5.91 Å². The summed E-state index contributed by atoms with van der Waals surface area (Å²) in [5.41, 5.74) is 0. The van der Waals surface area contributed by atoms with E-state index in [4.69, 9.17) is 9.47 Å². The predicted molar refractivity (Wildman–Crippen MR) is 81.6 cm³/mol. The highest BCUT2D eigenvalue weighted by Gasteiger charge is 2.39. The molecule has 5 heteroatoms. The Balaban J connectivity index is 1.47. The average Bonchev–Trinajstić information content (AvgIpc) is 2.51. The lowest BCUT2D eigenvalue weighted by molar-refractivity contribution is -0.149. The van der Waals surface area contributed by atoms with E-state index in [2.05, 4.69) is 0 Å². The smallest absolute Gasteiger partial charge is 0.226 e. The number of methoxy groups -OCH3 is 1. The van der Waals surface area contributed by atoms with Crippen LogP contribution in [0.4, 0.5) is 0 Å². The van der Waals surface area contributed by atoms with Crippen molar-refractivity contribution in [3.05, 3.63) is 30.3 Å². The van der Waals surface area contributed by atoms with E-state index in [-0.39, 0.29) is 24.0 Å². The van der Waals surface area contributed by atoms with Gasteiger partial charge in [-0.15, -0.1) is 0 Å². The molecule has 1 aliphatic carbocycles. The molecule has 3 rings (SSSR count). The van der Waals surface area contributed by atoms with Gasteiger partial charge in [-0.25, -0.2) is 0 Å². The Hall–Kier alpha value is -1.59. The molecule has 1 saturated heterocycles. The van der Waals surface area contributed by atoms with Crippen molar-refractivity contribution in [2.75, 3.05) is 20.2 Å². The number of nitrogens with zero attached hydrogens (tertiary/aromatic N) is 1. The number of aliphatic hydroxyl groups is 1. The number of benzene rings is 1. The van der Waals surface area contributed by atoms with Gasteiger partial charge in [0.05, 0.1) is 25.3 Å². The van der Waals surface area contributed by atoms with Gasteiger partial charge in [0.25, 0.3) is 0 Å². The lowest BCUT2D eigenvalue weighted by Gasteiger charge is -2.42. The third kappa shape index (κ3) is 3.25. The minimum atomic E-state index is -0.445. The van der Waals surface area contributed by atoms with Gasteiger partial charge >= 0.3 is 0 Å². The maximum Gasteiger partial charge on any atom is 0.226 e. The monoisotopic (exact) mass is 305 g/mol. The van der Waals surface area contributed by atoms with E-state index >= 15 is 0 Å². The number of amides is 1. The molecule has 1 amide bonds. The standard InChI is InChI=1S/C17H23NO4/c1-21-16-9-12(7-8-15(16)19)17(20)18-10-14(11-18)22-13-5-3-2-4-6-13/h2-6,12,14-16,19H,7-11H2,1H3/t12-,15+,16-/m1/s1. The number of hydrogen-bond acceptors (Lipinski definition) is 4. The molecule has 1 aromatic rings. The number of carbonyl (C=O) groups excluding carboxylic acids is 1. The number of para-hydroxylation sites is 1. The maximum absolute atomic E-state index is 12.5. The topological polar surface area (TPSA) is 59.0 Å². The first kappa shape index (κ1) is 15.3. The van der Waals surface area contributed by atoms with E-state index < -0.39 is 6.10 Å². The molecular formula is C17H23NO4. The summed E-state index contributed by atoms with van der Waals surface area (Å²) >= 11 is 0. The summed E-state index contributed by atoms with van der Waals surface area (Å²) in [4.78, 5) is 14.3. The minimum Gasteiger partial charge on any atom is -0.487 e. The van der Waals surface area contributed by atoms with E-state index in [0.717, 1.165) is 12.2 Å². The van der Waals surface area contributed by atoms with Crippen molar-refractivity contribution in [2.45, 2.75) is 37.6 Å². The van der Waals surface area contributed by atoms with Crippen molar-refractivity contribution in [1.82, 2.24) is 4.90 Å². The zero-order valence-electron chi connectivity index (χ0n) is 12.9. The number of ether oxygens (including phenoxy) is 2. The van der Waals surface area contributed by atoms with Crippen LogP contribution in [0.25, 0.3) is 0 Å². The zero-order chi connectivity index (χ0) is 15.5. The van der Waals surface area contributed by atoms with Crippen LogP contribution in [-0.4, -0.2) is 54.4 Å². The summed E-state index contributed by atoms with van der Waals surface area (Å²) in [6, 6.07) is 9.68. The number of hydrogen-bond donors (Lipinski definition) is 1. The summed E-state index contributed by atoms with van der Waals surface area (Å²) in [5.74, 6) is 0.979. The fourth-order valence-electron chi connectivity index (χ4n) is 3.23. The van der Waals surface area contributed by atoms with Crippen molar-refractivity contribution < 1.29 is 19.4 Å².